The first-order chi connectivity index (χ1) is 7.78. The highest BCUT2D eigenvalue weighted by Crippen LogP contribution is 2.45. The molecule has 2 unspecified atom stereocenters. The molecular weight excluding hydrogens is 200 g/mol. The third-order valence-corrected chi connectivity index (χ3v) is 4.85. The van der Waals surface area contributed by atoms with Crippen molar-refractivity contribution in [3.63, 3.8) is 0 Å². The van der Waals surface area contributed by atoms with E-state index in [0.717, 1.165) is 25.2 Å². The van der Waals surface area contributed by atoms with Gasteiger partial charge in [-0.3, -0.25) is 0 Å². The van der Waals surface area contributed by atoms with E-state index in [-0.39, 0.29) is 0 Å². The molecule has 3 heterocycles. The van der Waals surface area contributed by atoms with E-state index in [1.165, 1.54) is 45.3 Å². The minimum Gasteiger partial charge on any atom is -0.380 e. The van der Waals surface area contributed by atoms with Gasteiger partial charge in [-0.1, -0.05) is 0 Å². The van der Waals surface area contributed by atoms with E-state index in [2.05, 4.69) is 17.3 Å². The monoisotopic (exact) mass is 224 g/mol. The van der Waals surface area contributed by atoms with E-state index >= 15 is 0 Å². The van der Waals surface area contributed by atoms with Gasteiger partial charge in [-0.25, -0.2) is 0 Å². The van der Waals surface area contributed by atoms with E-state index in [4.69, 9.17) is 4.74 Å². The minimum absolute atomic E-state index is 0.521. The molecule has 0 amide bonds. The van der Waals surface area contributed by atoms with Crippen molar-refractivity contribution < 1.29 is 4.74 Å². The van der Waals surface area contributed by atoms with Crippen LogP contribution in [-0.2, 0) is 4.74 Å². The van der Waals surface area contributed by atoms with E-state index < -0.39 is 0 Å². The molecule has 0 aliphatic carbocycles. The predicted molar refractivity (Wildman–Crippen MR) is 64.5 cm³/mol. The molecular formula is C13H24N2O. The SMILES string of the molecule is CN1CCC(C2(CC3CCCN3)COC2)C1. The van der Waals surface area contributed by atoms with Crippen LogP contribution in [0.5, 0.6) is 0 Å². The molecule has 0 radical (unpaired) electrons. The third kappa shape index (κ3) is 1.89. The molecule has 3 saturated heterocycles. The lowest BCUT2D eigenvalue weighted by atomic mass is 9.69. The molecule has 3 nitrogen and oxygen atoms in total. The average Bonchev–Trinajstić information content (AvgIpc) is 2.82. The summed E-state index contributed by atoms with van der Waals surface area (Å²) in [6, 6.07) is 0.773. The zero-order valence-corrected chi connectivity index (χ0v) is 10.4. The van der Waals surface area contributed by atoms with Gasteiger partial charge in [0.15, 0.2) is 0 Å². The van der Waals surface area contributed by atoms with Gasteiger partial charge in [0.05, 0.1) is 13.2 Å². The number of hydrogen-bond acceptors (Lipinski definition) is 3. The van der Waals surface area contributed by atoms with Crippen molar-refractivity contribution in [3.05, 3.63) is 0 Å². The van der Waals surface area contributed by atoms with Gasteiger partial charge in [-0.15, -0.1) is 0 Å². The van der Waals surface area contributed by atoms with Gasteiger partial charge >= 0.3 is 0 Å². The second-order valence-corrected chi connectivity index (χ2v) is 6.10. The summed E-state index contributed by atoms with van der Waals surface area (Å²) in [5.74, 6) is 0.883. The van der Waals surface area contributed by atoms with Crippen LogP contribution in [0.2, 0.25) is 0 Å². The van der Waals surface area contributed by atoms with Crippen LogP contribution in [0.3, 0.4) is 0 Å². The molecule has 1 N–H and O–H groups in total. The molecule has 0 spiro atoms. The number of ether oxygens (including phenoxy) is 1. The zero-order chi connectivity index (χ0) is 11.0. The summed E-state index contributed by atoms with van der Waals surface area (Å²) in [6.45, 7) is 5.83. The number of nitrogens with one attached hydrogen (secondary N) is 1. The molecule has 0 aromatic heterocycles. The Morgan fingerprint density at radius 2 is 2.25 bits per heavy atom. The Hall–Kier alpha value is -0.120. The highest BCUT2D eigenvalue weighted by atomic mass is 16.5. The van der Waals surface area contributed by atoms with Crippen molar-refractivity contribution in [2.75, 3.05) is 39.9 Å². The van der Waals surface area contributed by atoms with Crippen molar-refractivity contribution in [1.82, 2.24) is 10.2 Å². The Morgan fingerprint density at radius 1 is 1.38 bits per heavy atom. The fourth-order valence-corrected chi connectivity index (χ4v) is 3.74. The van der Waals surface area contributed by atoms with Gasteiger partial charge in [0, 0.05) is 18.0 Å². The maximum Gasteiger partial charge on any atom is 0.0548 e. The predicted octanol–water partition coefficient (Wildman–Crippen LogP) is 1.10. The fraction of sp³-hybridized carbons (Fsp3) is 1.00. The van der Waals surface area contributed by atoms with Gasteiger partial charge in [-0.2, -0.15) is 0 Å². The highest BCUT2D eigenvalue weighted by molar-refractivity contribution is 4.98. The standard InChI is InChI=1S/C13H24N2O/c1-15-6-4-11(8-15)13(9-16-10-13)7-12-3-2-5-14-12/h11-12,14H,2-10H2,1H3. The Labute approximate surface area is 98.5 Å². The van der Waals surface area contributed by atoms with Crippen LogP contribution in [0.25, 0.3) is 0 Å². The van der Waals surface area contributed by atoms with Gasteiger partial charge in [0.1, 0.15) is 0 Å². The van der Waals surface area contributed by atoms with Crippen LogP contribution >= 0.6 is 0 Å². The zero-order valence-electron chi connectivity index (χ0n) is 10.4. The second kappa shape index (κ2) is 4.28. The summed E-state index contributed by atoms with van der Waals surface area (Å²) in [4.78, 5) is 2.48. The van der Waals surface area contributed by atoms with Gasteiger partial charge in [0.2, 0.25) is 0 Å². The molecule has 3 heteroatoms. The lowest BCUT2D eigenvalue weighted by Crippen LogP contribution is -2.52. The van der Waals surface area contributed by atoms with Crippen LogP contribution < -0.4 is 5.32 Å². The van der Waals surface area contributed by atoms with Crippen molar-refractivity contribution in [1.29, 1.82) is 0 Å². The number of rotatable bonds is 3. The van der Waals surface area contributed by atoms with E-state index in [1.54, 1.807) is 0 Å². The summed E-state index contributed by atoms with van der Waals surface area (Å²) in [6.07, 6.45) is 5.48. The maximum absolute atomic E-state index is 5.55. The molecule has 16 heavy (non-hydrogen) atoms. The third-order valence-electron chi connectivity index (χ3n) is 4.85. The topological polar surface area (TPSA) is 24.5 Å². The molecule has 0 aromatic carbocycles. The molecule has 3 rings (SSSR count). The Bertz CT molecular complexity index is 246. The summed E-state index contributed by atoms with van der Waals surface area (Å²) in [5.41, 5.74) is 0.521. The maximum atomic E-state index is 5.55. The van der Waals surface area contributed by atoms with Crippen molar-refractivity contribution >= 4 is 0 Å². The molecule has 0 bridgehead atoms. The second-order valence-electron chi connectivity index (χ2n) is 6.10. The van der Waals surface area contributed by atoms with E-state index in [0.29, 0.717) is 5.41 Å². The molecule has 3 fully saturated rings. The normalized spacial score (nSPS) is 38.8. The smallest absolute Gasteiger partial charge is 0.0548 e. The summed E-state index contributed by atoms with van der Waals surface area (Å²) < 4.78 is 5.55. The van der Waals surface area contributed by atoms with Crippen LogP contribution in [-0.4, -0.2) is 50.8 Å². The first-order valence-electron chi connectivity index (χ1n) is 6.78. The number of nitrogens with zero attached hydrogens (tertiary/aromatic N) is 1. The largest absolute Gasteiger partial charge is 0.380 e. The van der Waals surface area contributed by atoms with E-state index in [1.807, 2.05) is 0 Å². The molecule has 0 aromatic rings. The molecule has 0 saturated carbocycles. The van der Waals surface area contributed by atoms with Crippen LogP contribution in [0.1, 0.15) is 25.7 Å². The molecule has 92 valence electrons. The summed E-state index contributed by atoms with van der Waals surface area (Å²) in [5, 5.41) is 3.65. The summed E-state index contributed by atoms with van der Waals surface area (Å²) >= 11 is 0. The summed E-state index contributed by atoms with van der Waals surface area (Å²) in [7, 11) is 2.25. The molecule has 3 aliphatic rings. The fourth-order valence-electron chi connectivity index (χ4n) is 3.74. The van der Waals surface area contributed by atoms with Gasteiger partial charge in [0.25, 0.3) is 0 Å². The van der Waals surface area contributed by atoms with Crippen LogP contribution in [0, 0.1) is 11.3 Å². The number of hydrogen-bond donors (Lipinski definition) is 1. The van der Waals surface area contributed by atoms with E-state index in [9.17, 15) is 0 Å². The average molecular weight is 224 g/mol. The van der Waals surface area contributed by atoms with Gasteiger partial charge in [-0.05, 0) is 51.7 Å². The molecule has 2 atom stereocenters. The lowest BCUT2D eigenvalue weighted by molar-refractivity contribution is -0.151. The molecule has 3 aliphatic heterocycles. The van der Waals surface area contributed by atoms with Crippen molar-refractivity contribution in [2.24, 2.45) is 11.3 Å². The number of likely N-dealkylation sites (tertiary alicyclic amines) is 1. The Kier molecular flexibility index (Phi) is 2.94. The quantitative estimate of drug-likeness (QED) is 0.777. The first kappa shape index (κ1) is 11.0. The van der Waals surface area contributed by atoms with Crippen LogP contribution in [0.4, 0.5) is 0 Å². The first-order valence-corrected chi connectivity index (χ1v) is 6.78. The van der Waals surface area contributed by atoms with Crippen LogP contribution in [0.15, 0.2) is 0 Å². The minimum atomic E-state index is 0.521. The van der Waals surface area contributed by atoms with Crippen molar-refractivity contribution in [3.8, 4) is 0 Å². The van der Waals surface area contributed by atoms with Crippen molar-refractivity contribution in [2.45, 2.75) is 31.7 Å². The Balaban J connectivity index is 1.63. The lowest BCUT2D eigenvalue weighted by Gasteiger charge is -2.47. The highest BCUT2D eigenvalue weighted by Gasteiger charge is 2.48. The Morgan fingerprint density at radius 3 is 2.75 bits per heavy atom. The van der Waals surface area contributed by atoms with Gasteiger partial charge < -0.3 is 15.0 Å².